The van der Waals surface area contributed by atoms with Gasteiger partial charge in [0.2, 0.25) is 5.91 Å². The van der Waals surface area contributed by atoms with Gasteiger partial charge in [-0.05, 0) is 42.5 Å². The molecule has 0 radical (unpaired) electrons. The Morgan fingerprint density at radius 2 is 1.65 bits per heavy atom. The van der Waals surface area contributed by atoms with E-state index in [1.807, 2.05) is 0 Å². The van der Waals surface area contributed by atoms with Crippen LogP contribution in [0.25, 0.3) is 5.69 Å². The maximum atomic E-state index is 14.1. The minimum Gasteiger partial charge on any atom is -0.345 e. The molecule has 0 saturated carbocycles. The predicted molar refractivity (Wildman–Crippen MR) is 140 cm³/mol. The maximum absolute atomic E-state index is 14.1. The molecule has 3 aromatic carbocycles. The number of thioether (sulfide) groups is 1. The van der Waals surface area contributed by atoms with Gasteiger partial charge in [0.05, 0.1) is 44.3 Å². The molecule has 0 aliphatic rings. The molecule has 13 heteroatoms. The minimum atomic E-state index is -0.770. The molecular formula is C24H16Cl3F2N5O2S. The Bertz CT molecular complexity index is 1460. The molecule has 1 aromatic heterocycles. The summed E-state index contributed by atoms with van der Waals surface area (Å²) in [4.78, 5) is 25.0. The summed E-state index contributed by atoms with van der Waals surface area (Å²) >= 11 is 19.2. The van der Waals surface area contributed by atoms with Crippen molar-refractivity contribution < 1.29 is 18.4 Å². The highest BCUT2D eigenvalue weighted by atomic mass is 35.5. The summed E-state index contributed by atoms with van der Waals surface area (Å²) in [5.74, 6) is -2.41. The van der Waals surface area contributed by atoms with Gasteiger partial charge in [0, 0.05) is 0 Å². The van der Waals surface area contributed by atoms with E-state index in [1.54, 1.807) is 28.8 Å². The van der Waals surface area contributed by atoms with Crippen molar-refractivity contribution in [1.29, 1.82) is 0 Å². The molecule has 37 heavy (non-hydrogen) atoms. The molecule has 0 fully saturated rings. The Morgan fingerprint density at radius 3 is 2.38 bits per heavy atom. The second-order valence-corrected chi connectivity index (χ2v) is 9.59. The predicted octanol–water partition coefficient (Wildman–Crippen LogP) is 6.17. The molecule has 0 saturated heterocycles. The number of hydrogen-bond acceptors (Lipinski definition) is 5. The van der Waals surface area contributed by atoms with Crippen LogP contribution in [0.1, 0.15) is 16.2 Å². The van der Waals surface area contributed by atoms with Crippen molar-refractivity contribution in [3.8, 4) is 5.69 Å². The lowest BCUT2D eigenvalue weighted by molar-refractivity contribution is -0.113. The normalized spacial score (nSPS) is 10.8. The summed E-state index contributed by atoms with van der Waals surface area (Å²) < 4.78 is 29.6. The first kappa shape index (κ1) is 26.9. The third-order valence-corrected chi connectivity index (χ3v) is 6.92. The number of anilines is 1. The molecule has 0 unspecified atom stereocenters. The second-order valence-electron chi connectivity index (χ2n) is 7.43. The SMILES string of the molecule is O=C(CSc1nnc(CNC(=O)c2c(F)cccc2Cl)n1-c1ccc(Cl)c(Cl)c1)Nc1ccccc1F. The maximum Gasteiger partial charge on any atom is 0.256 e. The van der Waals surface area contributed by atoms with E-state index in [4.69, 9.17) is 34.8 Å². The molecule has 0 aliphatic heterocycles. The number of aromatic nitrogens is 3. The summed E-state index contributed by atoms with van der Waals surface area (Å²) in [6.07, 6.45) is 0. The first-order valence-corrected chi connectivity index (χ1v) is 12.7. The largest absolute Gasteiger partial charge is 0.345 e. The van der Waals surface area contributed by atoms with Crippen molar-refractivity contribution in [2.24, 2.45) is 0 Å². The van der Waals surface area contributed by atoms with E-state index in [9.17, 15) is 18.4 Å². The topological polar surface area (TPSA) is 88.9 Å². The molecule has 2 amide bonds. The van der Waals surface area contributed by atoms with Gasteiger partial charge in [-0.1, -0.05) is 64.8 Å². The number of nitrogens with zero attached hydrogens (tertiary/aromatic N) is 3. The van der Waals surface area contributed by atoms with Crippen molar-refractivity contribution in [1.82, 2.24) is 20.1 Å². The molecule has 4 aromatic rings. The zero-order chi connectivity index (χ0) is 26.5. The molecule has 190 valence electrons. The zero-order valence-corrected chi connectivity index (χ0v) is 21.7. The number of rotatable bonds is 8. The van der Waals surface area contributed by atoms with Crippen molar-refractivity contribution >= 4 is 64.1 Å². The monoisotopic (exact) mass is 581 g/mol. The molecule has 7 nitrogen and oxygen atoms in total. The van der Waals surface area contributed by atoms with E-state index in [2.05, 4.69) is 20.8 Å². The van der Waals surface area contributed by atoms with Gasteiger partial charge in [0.1, 0.15) is 11.6 Å². The molecule has 0 aliphatic carbocycles. The average molecular weight is 583 g/mol. The van der Waals surface area contributed by atoms with E-state index in [-0.39, 0.29) is 44.6 Å². The highest BCUT2D eigenvalue weighted by Gasteiger charge is 2.20. The van der Waals surface area contributed by atoms with Gasteiger partial charge in [-0.15, -0.1) is 10.2 Å². The molecule has 4 rings (SSSR count). The fraction of sp³-hybridized carbons (Fsp3) is 0.0833. The van der Waals surface area contributed by atoms with Gasteiger partial charge < -0.3 is 10.6 Å². The lowest BCUT2D eigenvalue weighted by atomic mass is 10.2. The highest BCUT2D eigenvalue weighted by molar-refractivity contribution is 7.99. The molecule has 0 atom stereocenters. The highest BCUT2D eigenvalue weighted by Crippen LogP contribution is 2.28. The van der Waals surface area contributed by atoms with Gasteiger partial charge >= 0.3 is 0 Å². The zero-order valence-electron chi connectivity index (χ0n) is 18.6. The third kappa shape index (κ3) is 6.40. The summed E-state index contributed by atoms with van der Waals surface area (Å²) in [5, 5.41) is 14.1. The van der Waals surface area contributed by atoms with Crippen LogP contribution in [0.3, 0.4) is 0 Å². The van der Waals surface area contributed by atoms with Crippen LogP contribution in [0.4, 0.5) is 14.5 Å². The summed E-state index contributed by atoms with van der Waals surface area (Å²) in [7, 11) is 0. The smallest absolute Gasteiger partial charge is 0.256 e. The van der Waals surface area contributed by atoms with E-state index in [0.717, 1.165) is 17.8 Å². The van der Waals surface area contributed by atoms with Crippen LogP contribution in [0.15, 0.2) is 65.8 Å². The average Bonchev–Trinajstić information content (AvgIpc) is 3.27. The van der Waals surface area contributed by atoms with Crippen molar-refractivity contribution in [3.63, 3.8) is 0 Å². The van der Waals surface area contributed by atoms with Crippen LogP contribution in [0, 0.1) is 11.6 Å². The van der Waals surface area contributed by atoms with E-state index >= 15 is 0 Å². The lowest BCUT2D eigenvalue weighted by Gasteiger charge is -2.12. The van der Waals surface area contributed by atoms with Crippen LogP contribution in [0.5, 0.6) is 0 Å². The molecule has 0 spiro atoms. The Labute approximate surface area is 229 Å². The molecule has 1 heterocycles. The number of hydrogen-bond donors (Lipinski definition) is 2. The summed E-state index contributed by atoms with van der Waals surface area (Å²) in [5.41, 5.74) is 0.253. The summed E-state index contributed by atoms with van der Waals surface area (Å²) in [6, 6.07) is 14.5. The van der Waals surface area contributed by atoms with Gasteiger partial charge in [-0.2, -0.15) is 0 Å². The van der Waals surface area contributed by atoms with Crippen LogP contribution in [-0.4, -0.2) is 32.3 Å². The van der Waals surface area contributed by atoms with Gasteiger partial charge in [-0.3, -0.25) is 14.2 Å². The number of para-hydroxylation sites is 1. The Balaban J connectivity index is 1.56. The van der Waals surface area contributed by atoms with Gasteiger partial charge in [0.25, 0.3) is 5.91 Å². The second kappa shape index (κ2) is 11.9. The number of halogens is 5. The minimum absolute atomic E-state index is 0.0411. The quantitative estimate of drug-likeness (QED) is 0.243. The van der Waals surface area contributed by atoms with Crippen LogP contribution in [-0.2, 0) is 11.3 Å². The number of amides is 2. The molecular weight excluding hydrogens is 567 g/mol. The van der Waals surface area contributed by atoms with E-state index in [0.29, 0.717) is 10.7 Å². The Hall–Kier alpha value is -3.18. The number of nitrogens with one attached hydrogen (secondary N) is 2. The van der Waals surface area contributed by atoms with Crippen molar-refractivity contribution in [2.75, 3.05) is 11.1 Å². The van der Waals surface area contributed by atoms with Gasteiger partial charge in [0.15, 0.2) is 11.0 Å². The van der Waals surface area contributed by atoms with Crippen LogP contribution in [0.2, 0.25) is 15.1 Å². The standard InChI is InChI=1S/C24H16Cl3F2N5O2S/c25-14-9-8-13(10-16(14)27)34-20(11-30-23(36)22-15(26)4-3-6-18(22)29)32-33-24(34)37-12-21(35)31-19-7-2-1-5-17(19)28/h1-10H,11-12H2,(H,30,36)(H,31,35). The van der Waals surface area contributed by atoms with E-state index < -0.39 is 23.4 Å². The van der Waals surface area contributed by atoms with Crippen LogP contribution < -0.4 is 10.6 Å². The fourth-order valence-corrected chi connectivity index (χ4v) is 4.55. The van der Waals surface area contributed by atoms with Gasteiger partial charge in [-0.25, -0.2) is 8.78 Å². The van der Waals surface area contributed by atoms with E-state index in [1.165, 1.54) is 30.3 Å². The Morgan fingerprint density at radius 1 is 0.892 bits per heavy atom. The third-order valence-electron chi connectivity index (χ3n) is 4.94. The molecule has 2 N–H and O–H groups in total. The fourth-order valence-electron chi connectivity index (χ4n) is 3.23. The first-order chi connectivity index (χ1) is 17.7. The number of carbonyl (C=O) groups excluding carboxylic acids is 2. The summed E-state index contributed by atoms with van der Waals surface area (Å²) in [6.45, 7) is -0.154. The Kier molecular flexibility index (Phi) is 8.65. The first-order valence-electron chi connectivity index (χ1n) is 10.5. The van der Waals surface area contributed by atoms with Crippen LogP contribution >= 0.6 is 46.6 Å². The van der Waals surface area contributed by atoms with Crippen molar-refractivity contribution in [3.05, 3.63) is 98.8 Å². The number of benzene rings is 3. The molecule has 0 bridgehead atoms. The lowest BCUT2D eigenvalue weighted by Crippen LogP contribution is -2.26. The van der Waals surface area contributed by atoms with Crippen molar-refractivity contribution in [2.45, 2.75) is 11.7 Å². The number of carbonyl (C=O) groups is 2.